The van der Waals surface area contributed by atoms with Crippen molar-refractivity contribution in [2.24, 2.45) is 5.92 Å². The summed E-state index contributed by atoms with van der Waals surface area (Å²) in [6.45, 7) is 5.00. The fourth-order valence-corrected chi connectivity index (χ4v) is 3.40. The number of ether oxygens (including phenoxy) is 1. The molecule has 1 aliphatic rings. The van der Waals surface area contributed by atoms with Gasteiger partial charge in [-0.1, -0.05) is 30.3 Å². The van der Waals surface area contributed by atoms with Gasteiger partial charge in [-0.3, -0.25) is 9.59 Å². The second-order valence-corrected chi connectivity index (χ2v) is 7.45. The Morgan fingerprint density at radius 1 is 1.14 bits per heavy atom. The summed E-state index contributed by atoms with van der Waals surface area (Å²) in [5, 5.41) is 2.98. The van der Waals surface area contributed by atoms with Gasteiger partial charge in [-0.05, 0) is 56.5 Å². The first-order chi connectivity index (χ1) is 13.5. The molecule has 28 heavy (non-hydrogen) atoms. The first-order valence-corrected chi connectivity index (χ1v) is 9.91. The van der Waals surface area contributed by atoms with Crippen molar-refractivity contribution >= 4 is 17.5 Å². The lowest BCUT2D eigenvalue weighted by atomic mass is 10.1. The number of benzene rings is 2. The Labute approximate surface area is 166 Å². The quantitative estimate of drug-likeness (QED) is 0.712. The zero-order valence-corrected chi connectivity index (χ0v) is 16.6. The van der Waals surface area contributed by atoms with Crippen LogP contribution < -0.4 is 15.0 Å². The summed E-state index contributed by atoms with van der Waals surface area (Å²) in [5.74, 6) is 0.430. The molecule has 0 radical (unpaired) electrons. The molecule has 0 saturated carbocycles. The molecule has 1 atom stereocenters. The molecule has 5 nitrogen and oxygen atoms in total. The lowest BCUT2D eigenvalue weighted by Gasteiger charge is -2.18. The van der Waals surface area contributed by atoms with Gasteiger partial charge in [-0.15, -0.1) is 0 Å². The second kappa shape index (κ2) is 9.40. The number of carbonyl (C=O) groups is 2. The Hall–Kier alpha value is -2.82. The van der Waals surface area contributed by atoms with Crippen molar-refractivity contribution in [1.82, 2.24) is 5.32 Å². The number of amides is 2. The maximum Gasteiger partial charge on any atom is 0.227 e. The third kappa shape index (κ3) is 5.35. The molecule has 0 aromatic heterocycles. The number of hydrogen-bond donors (Lipinski definition) is 1. The number of carbonyl (C=O) groups excluding carboxylic acids is 2. The molecule has 1 fully saturated rings. The fourth-order valence-electron chi connectivity index (χ4n) is 3.40. The second-order valence-electron chi connectivity index (χ2n) is 7.45. The van der Waals surface area contributed by atoms with Crippen LogP contribution in [-0.2, 0) is 16.0 Å². The van der Waals surface area contributed by atoms with E-state index in [1.54, 1.807) is 4.90 Å². The third-order valence-electron chi connectivity index (χ3n) is 4.80. The smallest absolute Gasteiger partial charge is 0.227 e. The van der Waals surface area contributed by atoms with E-state index in [2.05, 4.69) is 17.4 Å². The minimum atomic E-state index is -0.296. The Morgan fingerprint density at radius 3 is 2.54 bits per heavy atom. The van der Waals surface area contributed by atoms with E-state index in [0.717, 1.165) is 24.3 Å². The molecule has 0 bridgehead atoms. The van der Waals surface area contributed by atoms with E-state index in [-0.39, 0.29) is 30.3 Å². The van der Waals surface area contributed by atoms with Gasteiger partial charge in [-0.2, -0.15) is 0 Å². The minimum Gasteiger partial charge on any atom is -0.491 e. The van der Waals surface area contributed by atoms with Gasteiger partial charge >= 0.3 is 0 Å². The highest BCUT2D eigenvalue weighted by Crippen LogP contribution is 2.27. The summed E-state index contributed by atoms with van der Waals surface area (Å²) in [4.78, 5) is 26.5. The van der Waals surface area contributed by atoms with E-state index in [4.69, 9.17) is 4.74 Å². The number of rotatable bonds is 8. The molecule has 2 amide bonds. The summed E-state index contributed by atoms with van der Waals surface area (Å²) >= 11 is 0. The van der Waals surface area contributed by atoms with Crippen LogP contribution in [0.15, 0.2) is 54.6 Å². The topological polar surface area (TPSA) is 58.6 Å². The normalized spacial score (nSPS) is 16.5. The molecule has 1 unspecified atom stereocenters. The molecule has 1 aliphatic heterocycles. The summed E-state index contributed by atoms with van der Waals surface area (Å²) in [6.07, 6.45) is 2.18. The van der Waals surface area contributed by atoms with Gasteiger partial charge in [0.15, 0.2) is 0 Å². The summed E-state index contributed by atoms with van der Waals surface area (Å²) in [5.41, 5.74) is 2.07. The van der Waals surface area contributed by atoms with Gasteiger partial charge in [0, 0.05) is 25.2 Å². The number of hydrogen-bond acceptors (Lipinski definition) is 3. The number of anilines is 1. The van der Waals surface area contributed by atoms with E-state index < -0.39 is 0 Å². The lowest BCUT2D eigenvalue weighted by molar-refractivity contribution is -0.126. The highest BCUT2D eigenvalue weighted by Gasteiger charge is 2.34. The first kappa shape index (κ1) is 19.9. The van der Waals surface area contributed by atoms with Crippen LogP contribution in [-0.4, -0.2) is 31.0 Å². The molecular formula is C23H28N2O3. The summed E-state index contributed by atoms with van der Waals surface area (Å²) < 4.78 is 5.64. The fraction of sp³-hybridized carbons (Fsp3) is 0.391. The Balaban J connectivity index is 1.47. The molecule has 1 N–H and O–H groups in total. The molecule has 0 spiro atoms. The zero-order chi connectivity index (χ0) is 19.9. The average molecular weight is 380 g/mol. The van der Waals surface area contributed by atoms with Crippen molar-refractivity contribution in [3.05, 3.63) is 60.2 Å². The molecule has 0 aliphatic carbocycles. The Bertz CT molecular complexity index is 787. The summed E-state index contributed by atoms with van der Waals surface area (Å²) in [7, 11) is 0. The monoisotopic (exact) mass is 380 g/mol. The highest BCUT2D eigenvalue weighted by atomic mass is 16.5. The van der Waals surface area contributed by atoms with Crippen LogP contribution in [0.3, 0.4) is 0 Å². The van der Waals surface area contributed by atoms with Crippen molar-refractivity contribution in [1.29, 1.82) is 0 Å². The largest absolute Gasteiger partial charge is 0.491 e. The van der Waals surface area contributed by atoms with Crippen LogP contribution in [0.2, 0.25) is 0 Å². The predicted octanol–water partition coefficient (Wildman–Crippen LogP) is 3.58. The van der Waals surface area contributed by atoms with Gasteiger partial charge in [0.05, 0.1) is 12.0 Å². The number of nitrogens with zero attached hydrogens (tertiary/aromatic N) is 1. The lowest BCUT2D eigenvalue weighted by Crippen LogP contribution is -2.33. The molecule has 5 heteroatoms. The molecule has 2 aromatic rings. The van der Waals surface area contributed by atoms with Crippen molar-refractivity contribution in [2.45, 2.75) is 39.2 Å². The van der Waals surface area contributed by atoms with Gasteiger partial charge in [0.1, 0.15) is 5.75 Å². The highest BCUT2D eigenvalue weighted by molar-refractivity contribution is 6.00. The van der Waals surface area contributed by atoms with Gasteiger partial charge in [0.2, 0.25) is 11.8 Å². The van der Waals surface area contributed by atoms with Crippen LogP contribution in [0.25, 0.3) is 0 Å². The van der Waals surface area contributed by atoms with E-state index in [1.807, 2.05) is 56.3 Å². The van der Waals surface area contributed by atoms with E-state index >= 15 is 0 Å². The third-order valence-corrected chi connectivity index (χ3v) is 4.80. The SMILES string of the molecule is CC(C)Oc1ccc(N2CC(C(=O)NCCCc3ccccc3)CC2=O)cc1. The first-order valence-electron chi connectivity index (χ1n) is 9.91. The van der Waals surface area contributed by atoms with E-state index in [0.29, 0.717) is 13.1 Å². The molecule has 1 heterocycles. The van der Waals surface area contributed by atoms with Crippen LogP contribution in [0.5, 0.6) is 5.75 Å². The van der Waals surface area contributed by atoms with Crippen LogP contribution >= 0.6 is 0 Å². The minimum absolute atomic E-state index is 0.0121. The van der Waals surface area contributed by atoms with Crippen molar-refractivity contribution < 1.29 is 14.3 Å². The van der Waals surface area contributed by atoms with Crippen molar-refractivity contribution in [3.63, 3.8) is 0 Å². The van der Waals surface area contributed by atoms with Gasteiger partial charge in [-0.25, -0.2) is 0 Å². The zero-order valence-electron chi connectivity index (χ0n) is 16.6. The molecule has 3 rings (SSSR count). The Morgan fingerprint density at radius 2 is 1.86 bits per heavy atom. The van der Waals surface area contributed by atoms with Gasteiger partial charge < -0.3 is 15.0 Å². The molecular weight excluding hydrogens is 352 g/mol. The maximum atomic E-state index is 12.4. The van der Waals surface area contributed by atoms with Crippen LogP contribution in [0.4, 0.5) is 5.69 Å². The maximum absolute atomic E-state index is 12.4. The molecule has 148 valence electrons. The van der Waals surface area contributed by atoms with E-state index in [9.17, 15) is 9.59 Å². The van der Waals surface area contributed by atoms with Crippen molar-refractivity contribution in [2.75, 3.05) is 18.0 Å². The van der Waals surface area contributed by atoms with Gasteiger partial charge in [0.25, 0.3) is 0 Å². The van der Waals surface area contributed by atoms with Crippen LogP contribution in [0.1, 0.15) is 32.3 Å². The number of aryl methyl sites for hydroxylation is 1. The standard InChI is InChI=1S/C23H28N2O3/c1-17(2)28-21-12-10-20(11-13-21)25-16-19(15-22(25)26)23(27)24-14-6-9-18-7-4-3-5-8-18/h3-5,7-8,10-13,17,19H,6,9,14-16H2,1-2H3,(H,24,27). The van der Waals surface area contributed by atoms with Crippen molar-refractivity contribution in [3.8, 4) is 5.75 Å². The predicted molar refractivity (Wildman–Crippen MR) is 110 cm³/mol. The average Bonchev–Trinajstić information content (AvgIpc) is 3.08. The van der Waals surface area contributed by atoms with E-state index in [1.165, 1.54) is 5.56 Å². The van der Waals surface area contributed by atoms with Crippen LogP contribution in [0, 0.1) is 5.92 Å². The molecule has 2 aromatic carbocycles. The Kier molecular flexibility index (Phi) is 6.69. The molecule has 1 saturated heterocycles. The number of nitrogens with one attached hydrogen (secondary N) is 1. The summed E-state index contributed by atoms with van der Waals surface area (Å²) in [6, 6.07) is 17.7.